The van der Waals surface area contributed by atoms with E-state index >= 15 is 0 Å². The zero-order valence-electron chi connectivity index (χ0n) is 16.1. The first kappa shape index (κ1) is 20.5. The number of rotatable bonds is 3. The molecule has 2 aromatic carbocycles. The number of alkyl halides is 3. The molecular weight excluding hydrogens is 415 g/mol. The molecule has 0 bridgehead atoms. The number of benzene rings is 2. The van der Waals surface area contributed by atoms with Gasteiger partial charge in [0, 0.05) is 0 Å². The fourth-order valence-electron chi connectivity index (χ4n) is 3.70. The lowest BCUT2D eigenvalue weighted by atomic mass is 9.98. The summed E-state index contributed by atoms with van der Waals surface area (Å²) in [7, 11) is 0. The highest BCUT2D eigenvalue weighted by Gasteiger charge is 2.39. The summed E-state index contributed by atoms with van der Waals surface area (Å²) in [6.45, 7) is 1.56. The third kappa shape index (κ3) is 3.11. The van der Waals surface area contributed by atoms with E-state index in [1.165, 1.54) is 12.1 Å². The van der Waals surface area contributed by atoms with E-state index < -0.39 is 34.9 Å². The van der Waals surface area contributed by atoms with E-state index in [1.807, 2.05) is 0 Å². The van der Waals surface area contributed by atoms with Gasteiger partial charge in [0.15, 0.2) is 0 Å². The quantitative estimate of drug-likeness (QED) is 0.643. The van der Waals surface area contributed by atoms with Crippen molar-refractivity contribution >= 4 is 22.6 Å². The van der Waals surface area contributed by atoms with Gasteiger partial charge >= 0.3 is 12.1 Å². The summed E-state index contributed by atoms with van der Waals surface area (Å²) in [5, 5.41) is 0.196. The van der Waals surface area contributed by atoms with Gasteiger partial charge in [0.1, 0.15) is 17.4 Å². The summed E-state index contributed by atoms with van der Waals surface area (Å²) < 4.78 is 45.9. The lowest BCUT2D eigenvalue weighted by Gasteiger charge is -2.18. The average Bonchev–Trinajstić information content (AvgIpc) is 3.05. The molecule has 2 heterocycles. The standard InChI is InChI=1S/C21H16F3N3O4/c1-2-31-20(30)15-16(11-7-9-12(10-8-11)21(22,23)24)26-18(28)13-5-3-4-6-14(13)19(29)27(26)17(15)25/h3-10,16H,2,25H2,1H3. The molecule has 0 radical (unpaired) electrons. The Morgan fingerprint density at radius 3 is 2.16 bits per heavy atom. The number of carbonyl (C=O) groups is 1. The van der Waals surface area contributed by atoms with Gasteiger partial charge in [-0.2, -0.15) is 17.9 Å². The van der Waals surface area contributed by atoms with Gasteiger partial charge in [-0.15, -0.1) is 0 Å². The zero-order valence-corrected chi connectivity index (χ0v) is 16.1. The van der Waals surface area contributed by atoms with Crippen molar-refractivity contribution in [3.63, 3.8) is 0 Å². The number of esters is 1. The number of nitrogens with two attached hydrogens (primary N) is 1. The van der Waals surface area contributed by atoms with Crippen molar-refractivity contribution in [3.05, 3.63) is 85.9 Å². The van der Waals surface area contributed by atoms with Gasteiger partial charge in [-0.25, -0.2) is 9.48 Å². The monoisotopic (exact) mass is 431 g/mol. The molecule has 7 nitrogen and oxygen atoms in total. The Labute approximate surface area is 172 Å². The highest BCUT2D eigenvalue weighted by atomic mass is 19.4. The Morgan fingerprint density at radius 2 is 1.61 bits per heavy atom. The number of aromatic nitrogens is 2. The molecule has 10 heteroatoms. The molecule has 0 amide bonds. The molecule has 0 spiro atoms. The fourth-order valence-corrected chi connectivity index (χ4v) is 3.70. The first-order valence-corrected chi connectivity index (χ1v) is 9.27. The number of carbonyl (C=O) groups excluding carboxylic acids is 1. The molecule has 0 fully saturated rings. The van der Waals surface area contributed by atoms with E-state index in [-0.39, 0.29) is 34.3 Å². The SMILES string of the molecule is CCOC(=O)C1=C(N)n2c(=O)c3ccccc3c(=O)n2C1c1ccc(C(F)(F)F)cc1. The Balaban J connectivity index is 2.03. The molecule has 4 rings (SSSR count). The number of ether oxygens (including phenoxy) is 1. The summed E-state index contributed by atoms with van der Waals surface area (Å²) in [5.41, 5.74) is 3.93. The maximum Gasteiger partial charge on any atom is 0.416 e. The molecule has 160 valence electrons. The Morgan fingerprint density at radius 1 is 1.03 bits per heavy atom. The lowest BCUT2D eigenvalue weighted by Crippen LogP contribution is -2.38. The van der Waals surface area contributed by atoms with Crippen molar-refractivity contribution in [3.8, 4) is 0 Å². The van der Waals surface area contributed by atoms with Crippen LogP contribution < -0.4 is 16.9 Å². The van der Waals surface area contributed by atoms with Gasteiger partial charge in [0.25, 0.3) is 11.1 Å². The van der Waals surface area contributed by atoms with Crippen molar-refractivity contribution in [2.75, 3.05) is 6.61 Å². The molecule has 1 aliphatic heterocycles. The van der Waals surface area contributed by atoms with Crippen molar-refractivity contribution in [1.82, 2.24) is 9.36 Å². The van der Waals surface area contributed by atoms with Crippen molar-refractivity contribution in [1.29, 1.82) is 0 Å². The maximum atomic E-state index is 13.2. The van der Waals surface area contributed by atoms with E-state index in [0.29, 0.717) is 0 Å². The van der Waals surface area contributed by atoms with Crippen LogP contribution in [-0.2, 0) is 15.7 Å². The van der Waals surface area contributed by atoms with E-state index in [2.05, 4.69) is 0 Å². The van der Waals surface area contributed by atoms with Gasteiger partial charge in [-0.3, -0.25) is 9.59 Å². The molecule has 0 saturated carbocycles. The zero-order chi connectivity index (χ0) is 22.5. The van der Waals surface area contributed by atoms with Gasteiger partial charge in [0.05, 0.1) is 22.9 Å². The summed E-state index contributed by atoms with van der Waals surface area (Å²) >= 11 is 0. The molecular formula is C21H16F3N3O4. The number of fused-ring (bicyclic) bond motifs is 2. The van der Waals surface area contributed by atoms with Crippen LogP contribution in [0.3, 0.4) is 0 Å². The van der Waals surface area contributed by atoms with Gasteiger partial charge < -0.3 is 10.5 Å². The number of halogens is 3. The third-order valence-electron chi connectivity index (χ3n) is 5.08. The van der Waals surface area contributed by atoms with Crippen LogP contribution in [-0.4, -0.2) is 21.9 Å². The normalized spacial score (nSPS) is 15.9. The summed E-state index contributed by atoms with van der Waals surface area (Å²) in [4.78, 5) is 39.0. The summed E-state index contributed by atoms with van der Waals surface area (Å²) in [6.07, 6.45) is -4.56. The lowest BCUT2D eigenvalue weighted by molar-refractivity contribution is -0.139. The van der Waals surface area contributed by atoms with Gasteiger partial charge in [0.2, 0.25) is 0 Å². The topological polar surface area (TPSA) is 96.3 Å². The van der Waals surface area contributed by atoms with Crippen LogP contribution in [0.5, 0.6) is 0 Å². The molecule has 1 aliphatic rings. The Hall–Kier alpha value is -3.82. The van der Waals surface area contributed by atoms with E-state index in [0.717, 1.165) is 33.6 Å². The minimum Gasteiger partial charge on any atom is -0.462 e. The van der Waals surface area contributed by atoms with Gasteiger partial charge in [-0.05, 0) is 36.8 Å². The second kappa shape index (κ2) is 7.15. The number of hydrogen-bond donors (Lipinski definition) is 1. The highest BCUT2D eigenvalue weighted by molar-refractivity contribution is 5.97. The van der Waals surface area contributed by atoms with Crippen LogP contribution in [0.2, 0.25) is 0 Å². The minimum atomic E-state index is -4.56. The van der Waals surface area contributed by atoms with Crippen LogP contribution in [0.15, 0.2) is 63.7 Å². The average molecular weight is 431 g/mol. The molecule has 3 aromatic rings. The highest BCUT2D eigenvalue weighted by Crippen LogP contribution is 2.36. The third-order valence-corrected chi connectivity index (χ3v) is 5.08. The van der Waals surface area contributed by atoms with Crippen molar-refractivity contribution in [2.45, 2.75) is 19.1 Å². The predicted octanol–water partition coefficient (Wildman–Crippen LogP) is 2.48. The van der Waals surface area contributed by atoms with Crippen molar-refractivity contribution < 1.29 is 22.7 Å². The van der Waals surface area contributed by atoms with Crippen LogP contribution >= 0.6 is 0 Å². The van der Waals surface area contributed by atoms with Crippen LogP contribution in [0.4, 0.5) is 13.2 Å². The number of nitrogens with zero attached hydrogens (tertiary/aromatic N) is 2. The largest absolute Gasteiger partial charge is 0.462 e. The molecule has 1 unspecified atom stereocenters. The fraction of sp³-hybridized carbons (Fsp3) is 0.190. The predicted molar refractivity (Wildman–Crippen MR) is 106 cm³/mol. The Kier molecular flexibility index (Phi) is 4.72. The molecule has 2 N–H and O–H groups in total. The van der Waals surface area contributed by atoms with E-state index in [4.69, 9.17) is 10.5 Å². The second-order valence-corrected chi connectivity index (χ2v) is 6.85. The molecule has 0 aliphatic carbocycles. The first-order valence-electron chi connectivity index (χ1n) is 9.27. The van der Waals surface area contributed by atoms with Crippen LogP contribution in [0, 0.1) is 0 Å². The first-order chi connectivity index (χ1) is 14.7. The number of hydrogen-bond acceptors (Lipinski definition) is 5. The van der Waals surface area contributed by atoms with Gasteiger partial charge in [-0.1, -0.05) is 24.3 Å². The second-order valence-electron chi connectivity index (χ2n) is 6.85. The molecule has 1 aromatic heterocycles. The van der Waals surface area contributed by atoms with E-state index in [9.17, 15) is 27.6 Å². The molecule has 1 atom stereocenters. The smallest absolute Gasteiger partial charge is 0.416 e. The summed E-state index contributed by atoms with van der Waals surface area (Å²) in [6, 6.07) is 8.78. The van der Waals surface area contributed by atoms with Crippen LogP contribution in [0.25, 0.3) is 16.6 Å². The molecule has 31 heavy (non-hydrogen) atoms. The minimum absolute atomic E-state index is 0.00252. The maximum absolute atomic E-state index is 13.2. The van der Waals surface area contributed by atoms with Crippen molar-refractivity contribution in [2.24, 2.45) is 5.73 Å². The molecule has 0 saturated heterocycles. The Bertz CT molecular complexity index is 1350. The van der Waals surface area contributed by atoms with Crippen LogP contribution in [0.1, 0.15) is 24.1 Å². The van der Waals surface area contributed by atoms with E-state index in [1.54, 1.807) is 19.1 Å². The summed E-state index contributed by atoms with van der Waals surface area (Å²) in [5.74, 6) is -1.18.